The predicted octanol–water partition coefficient (Wildman–Crippen LogP) is 2.89. The highest BCUT2D eigenvalue weighted by Crippen LogP contribution is 2.25. The summed E-state index contributed by atoms with van der Waals surface area (Å²) < 4.78 is 4.58. The van der Waals surface area contributed by atoms with Crippen molar-refractivity contribution in [3.05, 3.63) is 39.4 Å². The Labute approximate surface area is 135 Å². The van der Waals surface area contributed by atoms with Crippen LogP contribution in [0.1, 0.15) is 48.4 Å². The highest BCUT2D eigenvalue weighted by Gasteiger charge is 2.29. The van der Waals surface area contributed by atoms with Crippen molar-refractivity contribution in [3.8, 4) is 0 Å². The lowest BCUT2D eigenvalue weighted by Crippen LogP contribution is -2.43. The third-order valence-corrected chi connectivity index (χ3v) is 3.95. The molecule has 23 heavy (non-hydrogen) atoms. The second kappa shape index (κ2) is 6.76. The van der Waals surface area contributed by atoms with Gasteiger partial charge in [0.15, 0.2) is 0 Å². The van der Waals surface area contributed by atoms with Crippen molar-refractivity contribution in [1.29, 1.82) is 0 Å². The summed E-state index contributed by atoms with van der Waals surface area (Å²) in [6.45, 7) is 7.88. The quantitative estimate of drug-likeness (QED) is 0.483. The monoisotopic (exact) mass is 322 g/mol. The van der Waals surface area contributed by atoms with E-state index in [1.807, 2.05) is 27.7 Å². The van der Waals surface area contributed by atoms with Gasteiger partial charge >= 0.3 is 5.97 Å². The second-order valence-corrected chi connectivity index (χ2v) is 6.48. The van der Waals surface area contributed by atoms with E-state index in [4.69, 9.17) is 0 Å². The maximum absolute atomic E-state index is 12.6. The minimum Gasteiger partial charge on any atom is -0.465 e. The summed E-state index contributed by atoms with van der Waals surface area (Å²) in [4.78, 5) is 36.2. The van der Waals surface area contributed by atoms with Crippen LogP contribution in [0.25, 0.3) is 0 Å². The molecule has 7 heteroatoms. The van der Waals surface area contributed by atoms with E-state index in [1.54, 1.807) is 7.05 Å². The van der Waals surface area contributed by atoms with Crippen molar-refractivity contribution >= 4 is 17.6 Å². The zero-order valence-corrected chi connectivity index (χ0v) is 14.2. The molecule has 126 valence electrons. The average Bonchev–Trinajstić information content (AvgIpc) is 2.50. The lowest BCUT2D eigenvalue weighted by molar-refractivity contribution is -0.384. The van der Waals surface area contributed by atoms with E-state index in [0.717, 1.165) is 6.07 Å². The number of nitro groups is 1. The molecule has 0 radical (unpaired) electrons. The number of carbonyl (C=O) groups excluding carboxylic acids is 2. The van der Waals surface area contributed by atoms with Gasteiger partial charge in [-0.25, -0.2) is 4.79 Å². The zero-order valence-electron chi connectivity index (χ0n) is 14.2. The molecule has 0 aliphatic carbocycles. The summed E-state index contributed by atoms with van der Waals surface area (Å²) in [5.41, 5.74) is -0.427. The second-order valence-electron chi connectivity index (χ2n) is 6.48. The van der Waals surface area contributed by atoms with Crippen molar-refractivity contribution in [2.75, 3.05) is 14.2 Å². The van der Waals surface area contributed by atoms with Gasteiger partial charge in [0.1, 0.15) is 0 Å². The number of methoxy groups -OCH3 is 1. The zero-order chi connectivity index (χ0) is 17.9. The van der Waals surface area contributed by atoms with Gasteiger partial charge in [0.05, 0.1) is 17.6 Å². The van der Waals surface area contributed by atoms with Crippen molar-refractivity contribution < 1.29 is 19.2 Å². The molecule has 0 aliphatic heterocycles. The molecule has 0 saturated heterocycles. The molecule has 1 amide bonds. The van der Waals surface area contributed by atoms with Crippen LogP contribution in [0.5, 0.6) is 0 Å². The maximum Gasteiger partial charge on any atom is 0.338 e. The minimum atomic E-state index is -0.728. The highest BCUT2D eigenvalue weighted by molar-refractivity contribution is 5.99. The first-order chi connectivity index (χ1) is 10.5. The summed E-state index contributed by atoms with van der Waals surface area (Å²) in [6.07, 6.45) is 0. The number of nitrogens with zero attached hydrogens (tertiary/aromatic N) is 2. The van der Waals surface area contributed by atoms with Gasteiger partial charge in [-0.05, 0) is 18.4 Å². The number of amides is 1. The molecule has 7 nitrogen and oxygen atoms in total. The predicted molar refractivity (Wildman–Crippen MR) is 85.4 cm³/mol. The van der Waals surface area contributed by atoms with Crippen LogP contribution in [0.3, 0.4) is 0 Å². The molecule has 1 aromatic carbocycles. The normalized spacial score (nSPS) is 12.4. The fourth-order valence-electron chi connectivity index (χ4n) is 2.04. The molecule has 0 heterocycles. The van der Waals surface area contributed by atoms with Gasteiger partial charge in [0.25, 0.3) is 11.6 Å². The van der Waals surface area contributed by atoms with Gasteiger partial charge in [-0.1, -0.05) is 20.8 Å². The van der Waals surface area contributed by atoms with E-state index >= 15 is 0 Å². The molecule has 1 aromatic rings. The van der Waals surface area contributed by atoms with Crippen LogP contribution in [0, 0.1) is 15.5 Å². The van der Waals surface area contributed by atoms with Gasteiger partial charge in [-0.2, -0.15) is 0 Å². The largest absolute Gasteiger partial charge is 0.465 e. The number of benzene rings is 1. The molecule has 0 unspecified atom stereocenters. The maximum atomic E-state index is 12.6. The standard InChI is InChI=1S/C16H22N2O5/c1-10(16(2,3)4)17(5)14(19)11-7-12(15(20)23-6)9-13(8-11)18(21)22/h7-10H,1-6H3/t10-/m1/s1. The smallest absolute Gasteiger partial charge is 0.338 e. The van der Waals surface area contributed by atoms with Gasteiger partial charge in [0, 0.05) is 30.8 Å². The Morgan fingerprint density at radius 3 is 2.17 bits per heavy atom. The van der Waals surface area contributed by atoms with Crippen LogP contribution >= 0.6 is 0 Å². The van der Waals surface area contributed by atoms with E-state index in [0.29, 0.717) is 0 Å². The topological polar surface area (TPSA) is 89.8 Å². The van der Waals surface area contributed by atoms with E-state index in [2.05, 4.69) is 4.74 Å². The summed E-state index contributed by atoms with van der Waals surface area (Å²) in [5.74, 6) is -1.12. The fraction of sp³-hybridized carbons (Fsp3) is 0.500. The first kappa shape index (κ1) is 18.6. The summed E-state index contributed by atoms with van der Waals surface area (Å²) in [7, 11) is 2.81. The van der Waals surface area contributed by atoms with E-state index < -0.39 is 10.9 Å². The Hall–Kier alpha value is -2.44. The molecular weight excluding hydrogens is 300 g/mol. The Morgan fingerprint density at radius 2 is 1.74 bits per heavy atom. The van der Waals surface area contributed by atoms with Gasteiger partial charge < -0.3 is 9.64 Å². The lowest BCUT2D eigenvalue weighted by Gasteiger charge is -2.35. The van der Waals surface area contributed by atoms with Crippen LogP contribution < -0.4 is 0 Å². The summed E-state index contributed by atoms with van der Waals surface area (Å²) in [6, 6.07) is 3.47. The average molecular weight is 322 g/mol. The molecule has 0 bridgehead atoms. The highest BCUT2D eigenvalue weighted by atomic mass is 16.6. The molecule has 1 rings (SSSR count). The van der Waals surface area contributed by atoms with E-state index in [1.165, 1.54) is 24.1 Å². The first-order valence-electron chi connectivity index (χ1n) is 7.14. The Kier molecular flexibility index (Phi) is 5.47. The van der Waals surface area contributed by atoms with Crippen molar-refractivity contribution in [3.63, 3.8) is 0 Å². The van der Waals surface area contributed by atoms with Crippen LogP contribution in [0.4, 0.5) is 5.69 Å². The number of hydrogen-bond acceptors (Lipinski definition) is 5. The molecule has 0 fully saturated rings. The number of nitro benzene ring substituents is 1. The molecular formula is C16H22N2O5. The molecule has 1 atom stereocenters. The number of non-ortho nitro benzene ring substituents is 1. The molecule has 0 saturated carbocycles. The number of carbonyl (C=O) groups is 2. The van der Waals surface area contributed by atoms with Crippen LogP contribution in [0.2, 0.25) is 0 Å². The van der Waals surface area contributed by atoms with Gasteiger partial charge in [0.2, 0.25) is 0 Å². The summed E-state index contributed by atoms with van der Waals surface area (Å²) >= 11 is 0. The number of esters is 1. The third-order valence-electron chi connectivity index (χ3n) is 3.95. The molecule has 0 spiro atoms. The number of ether oxygens (including phenoxy) is 1. The van der Waals surface area contributed by atoms with Crippen molar-refractivity contribution in [1.82, 2.24) is 4.90 Å². The van der Waals surface area contributed by atoms with Crippen molar-refractivity contribution in [2.45, 2.75) is 33.7 Å². The molecule has 0 N–H and O–H groups in total. The molecule has 0 aliphatic rings. The first-order valence-corrected chi connectivity index (χ1v) is 7.14. The fourth-order valence-corrected chi connectivity index (χ4v) is 2.04. The third kappa shape index (κ3) is 4.28. The van der Waals surface area contributed by atoms with Gasteiger partial charge in [-0.3, -0.25) is 14.9 Å². The van der Waals surface area contributed by atoms with Crippen molar-refractivity contribution in [2.24, 2.45) is 5.41 Å². The Balaban J connectivity index is 3.30. The number of hydrogen-bond donors (Lipinski definition) is 0. The van der Waals surface area contributed by atoms with E-state index in [-0.39, 0.29) is 34.2 Å². The summed E-state index contributed by atoms with van der Waals surface area (Å²) in [5, 5.41) is 11.0. The SMILES string of the molecule is COC(=O)c1cc(C(=O)N(C)[C@H](C)C(C)(C)C)cc([N+](=O)[O-])c1. The van der Waals surface area contributed by atoms with E-state index in [9.17, 15) is 19.7 Å². The number of rotatable bonds is 4. The Morgan fingerprint density at radius 1 is 1.22 bits per heavy atom. The Bertz CT molecular complexity index is 634. The van der Waals surface area contributed by atoms with Crippen LogP contribution in [-0.4, -0.2) is 41.9 Å². The van der Waals surface area contributed by atoms with Crippen LogP contribution in [0.15, 0.2) is 18.2 Å². The van der Waals surface area contributed by atoms with Gasteiger partial charge in [-0.15, -0.1) is 0 Å². The lowest BCUT2D eigenvalue weighted by atomic mass is 9.87. The minimum absolute atomic E-state index is 0.0261. The van der Waals surface area contributed by atoms with Crippen LogP contribution in [-0.2, 0) is 4.74 Å². The molecule has 0 aromatic heterocycles.